The van der Waals surface area contributed by atoms with Crippen molar-refractivity contribution in [2.75, 3.05) is 5.73 Å². The first-order chi connectivity index (χ1) is 9.17. The molecule has 2 N–H and O–H groups in total. The molecule has 4 heteroatoms. The first-order valence-corrected chi connectivity index (χ1v) is 6.50. The number of nitrogens with two attached hydrogens (primary N) is 1. The van der Waals surface area contributed by atoms with Gasteiger partial charge in [0.2, 0.25) is 0 Å². The van der Waals surface area contributed by atoms with Gasteiger partial charge >= 0.3 is 0 Å². The van der Waals surface area contributed by atoms with E-state index in [9.17, 15) is 0 Å². The summed E-state index contributed by atoms with van der Waals surface area (Å²) in [7, 11) is 0. The van der Waals surface area contributed by atoms with Crippen LogP contribution < -0.4 is 5.73 Å². The van der Waals surface area contributed by atoms with Gasteiger partial charge in [-0.2, -0.15) is 5.26 Å². The van der Waals surface area contributed by atoms with E-state index in [1.54, 1.807) is 12.1 Å². The number of nitriles is 1. The molecule has 98 valence electrons. The summed E-state index contributed by atoms with van der Waals surface area (Å²) in [5.74, 6) is 1.64. The maximum absolute atomic E-state index is 8.80. The molecule has 0 radical (unpaired) electrons. The van der Waals surface area contributed by atoms with E-state index in [2.05, 4.69) is 22.5 Å². The topological polar surface area (TPSA) is 67.6 Å². The predicted molar refractivity (Wildman–Crippen MR) is 76.4 cm³/mol. The molecule has 0 saturated heterocycles. The van der Waals surface area contributed by atoms with Crippen molar-refractivity contribution in [2.45, 2.75) is 33.2 Å². The zero-order chi connectivity index (χ0) is 13.8. The molecule has 2 rings (SSSR count). The van der Waals surface area contributed by atoms with E-state index >= 15 is 0 Å². The van der Waals surface area contributed by atoms with Crippen molar-refractivity contribution < 1.29 is 0 Å². The van der Waals surface area contributed by atoms with Crippen LogP contribution in [0.5, 0.6) is 0 Å². The quantitative estimate of drug-likeness (QED) is 0.911. The van der Waals surface area contributed by atoms with Gasteiger partial charge in [-0.25, -0.2) is 4.98 Å². The van der Waals surface area contributed by atoms with Crippen LogP contribution in [0, 0.1) is 18.3 Å². The van der Waals surface area contributed by atoms with Crippen LogP contribution >= 0.6 is 0 Å². The Bertz CT molecular complexity index is 602. The van der Waals surface area contributed by atoms with Crippen molar-refractivity contribution in [3.63, 3.8) is 0 Å². The molecular formula is C15H18N4. The van der Waals surface area contributed by atoms with E-state index in [4.69, 9.17) is 11.0 Å². The number of benzene rings is 1. The molecule has 1 heterocycles. The molecule has 0 aliphatic rings. The number of anilines is 1. The maximum atomic E-state index is 8.80. The summed E-state index contributed by atoms with van der Waals surface area (Å²) in [5.41, 5.74) is 8.58. The van der Waals surface area contributed by atoms with E-state index in [1.807, 2.05) is 19.1 Å². The summed E-state index contributed by atoms with van der Waals surface area (Å²) in [5, 5.41) is 8.80. The summed E-state index contributed by atoms with van der Waals surface area (Å²) < 4.78 is 2.05. The standard InChI is InChI=1S/C15H18N4/c1-3-4-9-19-11(2)18-14(15(19)17)13-7-5-12(10-16)6-8-13/h5-8H,3-4,9,17H2,1-2H3. The highest BCUT2D eigenvalue weighted by atomic mass is 15.1. The second kappa shape index (κ2) is 5.57. The van der Waals surface area contributed by atoms with Crippen molar-refractivity contribution in [3.8, 4) is 17.3 Å². The minimum Gasteiger partial charge on any atom is -0.383 e. The van der Waals surface area contributed by atoms with Crippen molar-refractivity contribution >= 4 is 5.82 Å². The van der Waals surface area contributed by atoms with E-state index in [0.29, 0.717) is 11.4 Å². The van der Waals surface area contributed by atoms with Crippen LogP contribution in [0.2, 0.25) is 0 Å². The minimum atomic E-state index is 0.643. The largest absolute Gasteiger partial charge is 0.383 e. The Kier molecular flexibility index (Phi) is 3.86. The molecule has 0 fully saturated rings. The van der Waals surface area contributed by atoms with Crippen LogP contribution in [-0.4, -0.2) is 9.55 Å². The second-order valence-corrected chi connectivity index (χ2v) is 4.59. The Morgan fingerprint density at radius 1 is 1.32 bits per heavy atom. The molecule has 19 heavy (non-hydrogen) atoms. The number of rotatable bonds is 4. The average molecular weight is 254 g/mol. The van der Waals surface area contributed by atoms with Crippen LogP contribution in [0.1, 0.15) is 31.2 Å². The Morgan fingerprint density at radius 3 is 2.58 bits per heavy atom. The van der Waals surface area contributed by atoms with E-state index in [0.717, 1.165) is 36.5 Å². The first-order valence-electron chi connectivity index (χ1n) is 6.50. The zero-order valence-electron chi connectivity index (χ0n) is 11.3. The number of aryl methyl sites for hydroxylation is 1. The van der Waals surface area contributed by atoms with Gasteiger partial charge in [0.15, 0.2) is 0 Å². The highest BCUT2D eigenvalue weighted by molar-refractivity contribution is 5.71. The maximum Gasteiger partial charge on any atom is 0.131 e. The fraction of sp³-hybridized carbons (Fsp3) is 0.333. The summed E-state index contributed by atoms with van der Waals surface area (Å²) in [6, 6.07) is 9.46. The Balaban J connectivity index is 2.37. The molecule has 1 aromatic heterocycles. The van der Waals surface area contributed by atoms with Gasteiger partial charge in [-0.1, -0.05) is 25.5 Å². The fourth-order valence-corrected chi connectivity index (χ4v) is 2.10. The first kappa shape index (κ1) is 13.2. The number of imidazole rings is 1. The lowest BCUT2D eigenvalue weighted by atomic mass is 10.1. The number of nitrogens with zero attached hydrogens (tertiary/aromatic N) is 3. The van der Waals surface area contributed by atoms with Crippen molar-refractivity contribution in [3.05, 3.63) is 35.7 Å². The van der Waals surface area contributed by atoms with Gasteiger partial charge in [-0.3, -0.25) is 0 Å². The number of hydrogen-bond acceptors (Lipinski definition) is 3. The van der Waals surface area contributed by atoms with Crippen molar-refractivity contribution in [1.29, 1.82) is 5.26 Å². The predicted octanol–water partition coefficient (Wildman–Crippen LogP) is 3.11. The molecule has 2 aromatic rings. The van der Waals surface area contributed by atoms with E-state index in [-0.39, 0.29) is 0 Å². The van der Waals surface area contributed by atoms with Gasteiger partial charge in [0.1, 0.15) is 17.3 Å². The summed E-state index contributed by atoms with van der Waals surface area (Å²) in [6.07, 6.45) is 2.22. The molecular weight excluding hydrogens is 236 g/mol. The van der Waals surface area contributed by atoms with Gasteiger partial charge in [0.25, 0.3) is 0 Å². The summed E-state index contributed by atoms with van der Waals surface area (Å²) in [6.45, 7) is 5.03. The van der Waals surface area contributed by atoms with Crippen molar-refractivity contribution in [2.24, 2.45) is 0 Å². The van der Waals surface area contributed by atoms with E-state index in [1.165, 1.54) is 0 Å². The molecule has 0 atom stereocenters. The lowest BCUT2D eigenvalue weighted by Crippen LogP contribution is -2.04. The van der Waals surface area contributed by atoms with Crippen LogP contribution in [-0.2, 0) is 6.54 Å². The normalized spacial score (nSPS) is 10.4. The Hall–Kier alpha value is -2.28. The second-order valence-electron chi connectivity index (χ2n) is 4.59. The summed E-state index contributed by atoms with van der Waals surface area (Å²) >= 11 is 0. The third-order valence-electron chi connectivity index (χ3n) is 3.22. The molecule has 1 aromatic carbocycles. The SMILES string of the molecule is CCCCn1c(C)nc(-c2ccc(C#N)cc2)c1N. The Labute approximate surface area is 113 Å². The van der Waals surface area contributed by atoms with Crippen LogP contribution in [0.3, 0.4) is 0 Å². The summed E-state index contributed by atoms with van der Waals surface area (Å²) in [4.78, 5) is 4.54. The average Bonchev–Trinajstić information content (AvgIpc) is 2.72. The number of unbranched alkanes of at least 4 members (excludes halogenated alkanes) is 1. The molecule has 0 aliphatic heterocycles. The number of nitrogen functional groups attached to an aromatic ring is 1. The Morgan fingerprint density at radius 2 is 2.00 bits per heavy atom. The highest BCUT2D eigenvalue weighted by Gasteiger charge is 2.13. The van der Waals surface area contributed by atoms with Crippen LogP contribution in [0.15, 0.2) is 24.3 Å². The lowest BCUT2D eigenvalue weighted by Gasteiger charge is -2.06. The molecule has 0 spiro atoms. The highest BCUT2D eigenvalue weighted by Crippen LogP contribution is 2.26. The molecule has 4 nitrogen and oxygen atoms in total. The van der Waals surface area contributed by atoms with E-state index < -0.39 is 0 Å². The third-order valence-corrected chi connectivity index (χ3v) is 3.22. The molecule has 0 unspecified atom stereocenters. The van der Waals surface area contributed by atoms with Crippen molar-refractivity contribution in [1.82, 2.24) is 9.55 Å². The molecule has 0 saturated carbocycles. The fourth-order valence-electron chi connectivity index (χ4n) is 2.10. The van der Waals surface area contributed by atoms with Gasteiger partial charge in [0.05, 0.1) is 11.6 Å². The number of hydrogen-bond donors (Lipinski definition) is 1. The van der Waals surface area contributed by atoms with Gasteiger partial charge < -0.3 is 10.3 Å². The molecule has 0 aliphatic carbocycles. The zero-order valence-corrected chi connectivity index (χ0v) is 11.3. The number of aromatic nitrogens is 2. The lowest BCUT2D eigenvalue weighted by molar-refractivity contribution is 0.622. The minimum absolute atomic E-state index is 0.643. The van der Waals surface area contributed by atoms with Gasteiger partial charge in [-0.05, 0) is 25.5 Å². The molecule has 0 bridgehead atoms. The monoisotopic (exact) mass is 254 g/mol. The van der Waals surface area contributed by atoms with Crippen LogP contribution in [0.4, 0.5) is 5.82 Å². The van der Waals surface area contributed by atoms with Gasteiger partial charge in [-0.15, -0.1) is 0 Å². The molecule has 0 amide bonds. The van der Waals surface area contributed by atoms with Gasteiger partial charge in [0, 0.05) is 12.1 Å². The smallest absolute Gasteiger partial charge is 0.131 e. The third kappa shape index (κ3) is 2.60. The van der Waals surface area contributed by atoms with Crippen LogP contribution in [0.25, 0.3) is 11.3 Å².